The van der Waals surface area contributed by atoms with Crippen LogP contribution < -0.4 is 5.32 Å². The van der Waals surface area contributed by atoms with Crippen LogP contribution in [0.15, 0.2) is 0 Å². The molecular formula is C10H18N2O4S. The first-order valence-electron chi connectivity index (χ1n) is 5.50. The second kappa shape index (κ2) is 7.39. The molecule has 1 heterocycles. The van der Waals surface area contributed by atoms with Crippen LogP contribution in [0.25, 0.3) is 0 Å². The Morgan fingerprint density at radius 2 is 2.35 bits per heavy atom. The molecule has 2 N–H and O–H groups in total. The first kappa shape index (κ1) is 14.1. The Labute approximate surface area is 105 Å². The normalized spacial score (nSPS) is 20.1. The highest BCUT2D eigenvalue weighted by molar-refractivity contribution is 7.98. The summed E-state index contributed by atoms with van der Waals surface area (Å²) in [6.07, 6.45) is 2.89. The number of carbonyl (C=O) groups is 2. The van der Waals surface area contributed by atoms with E-state index in [2.05, 4.69) is 5.32 Å². The van der Waals surface area contributed by atoms with Gasteiger partial charge in [-0.05, 0) is 18.4 Å². The van der Waals surface area contributed by atoms with Gasteiger partial charge in [-0.2, -0.15) is 11.8 Å². The van der Waals surface area contributed by atoms with E-state index in [-0.39, 0.29) is 12.6 Å². The van der Waals surface area contributed by atoms with Crippen LogP contribution in [0.3, 0.4) is 0 Å². The predicted octanol–water partition coefficient (Wildman–Crippen LogP) is 0.234. The molecule has 0 aromatic rings. The Hall–Kier alpha value is -0.950. The number of thioether (sulfide) groups is 1. The summed E-state index contributed by atoms with van der Waals surface area (Å²) in [7, 11) is 0. The smallest absolute Gasteiger partial charge is 0.328 e. The zero-order chi connectivity index (χ0) is 12.7. The highest BCUT2D eigenvalue weighted by atomic mass is 32.2. The molecule has 1 atom stereocenters. The lowest BCUT2D eigenvalue weighted by Crippen LogP contribution is -2.55. The van der Waals surface area contributed by atoms with Gasteiger partial charge in [0.15, 0.2) is 6.04 Å². The SMILES string of the molecule is CSCCCNC(=O)N1CCOCC1C(=O)O. The van der Waals surface area contributed by atoms with Gasteiger partial charge in [-0.25, -0.2) is 9.59 Å². The van der Waals surface area contributed by atoms with Gasteiger partial charge in [-0.15, -0.1) is 0 Å². The first-order valence-corrected chi connectivity index (χ1v) is 6.90. The average molecular weight is 262 g/mol. The second-order valence-electron chi connectivity index (χ2n) is 3.70. The lowest BCUT2D eigenvalue weighted by atomic mass is 10.2. The molecule has 1 fully saturated rings. The van der Waals surface area contributed by atoms with Gasteiger partial charge < -0.3 is 20.1 Å². The van der Waals surface area contributed by atoms with Crippen LogP contribution in [-0.2, 0) is 9.53 Å². The zero-order valence-electron chi connectivity index (χ0n) is 9.85. The topological polar surface area (TPSA) is 78.9 Å². The molecule has 17 heavy (non-hydrogen) atoms. The number of ether oxygens (including phenoxy) is 1. The molecule has 0 bridgehead atoms. The maximum Gasteiger partial charge on any atom is 0.328 e. The molecule has 0 saturated carbocycles. The van der Waals surface area contributed by atoms with Crippen molar-refractivity contribution >= 4 is 23.8 Å². The molecule has 7 heteroatoms. The molecule has 1 rings (SSSR count). The number of hydrogen-bond acceptors (Lipinski definition) is 4. The summed E-state index contributed by atoms with van der Waals surface area (Å²) >= 11 is 1.72. The first-order chi connectivity index (χ1) is 8.16. The number of urea groups is 1. The summed E-state index contributed by atoms with van der Waals surface area (Å²) < 4.78 is 5.06. The minimum Gasteiger partial charge on any atom is -0.480 e. The summed E-state index contributed by atoms with van der Waals surface area (Å²) in [5, 5.41) is 11.7. The van der Waals surface area contributed by atoms with E-state index in [0.717, 1.165) is 12.2 Å². The second-order valence-corrected chi connectivity index (χ2v) is 4.69. The number of hydrogen-bond donors (Lipinski definition) is 2. The lowest BCUT2D eigenvalue weighted by Gasteiger charge is -2.32. The summed E-state index contributed by atoms with van der Waals surface area (Å²) in [5.74, 6) is -0.0462. The maximum atomic E-state index is 11.8. The van der Waals surface area contributed by atoms with Crippen molar-refractivity contribution in [3.05, 3.63) is 0 Å². The Bertz CT molecular complexity index is 275. The molecule has 98 valence electrons. The van der Waals surface area contributed by atoms with Crippen LogP contribution in [0.2, 0.25) is 0 Å². The van der Waals surface area contributed by atoms with Gasteiger partial charge in [-0.1, -0.05) is 0 Å². The average Bonchev–Trinajstić information content (AvgIpc) is 2.34. The molecule has 0 aromatic carbocycles. The van der Waals surface area contributed by atoms with Crippen molar-refractivity contribution in [1.82, 2.24) is 10.2 Å². The third-order valence-electron chi connectivity index (χ3n) is 2.48. The minimum atomic E-state index is -1.02. The Morgan fingerprint density at radius 1 is 1.59 bits per heavy atom. The molecule has 1 aliphatic heterocycles. The number of nitrogens with one attached hydrogen (secondary N) is 1. The van der Waals surface area contributed by atoms with Crippen molar-refractivity contribution in [2.45, 2.75) is 12.5 Å². The van der Waals surface area contributed by atoms with Crippen molar-refractivity contribution < 1.29 is 19.4 Å². The van der Waals surface area contributed by atoms with Gasteiger partial charge in [-0.3, -0.25) is 0 Å². The number of nitrogens with zero attached hydrogens (tertiary/aromatic N) is 1. The molecule has 1 unspecified atom stereocenters. The summed E-state index contributed by atoms with van der Waals surface area (Å²) in [5.41, 5.74) is 0. The van der Waals surface area contributed by atoms with E-state index in [4.69, 9.17) is 9.84 Å². The predicted molar refractivity (Wildman–Crippen MR) is 65.3 cm³/mol. The van der Waals surface area contributed by atoms with Crippen LogP contribution in [0, 0.1) is 0 Å². The molecule has 0 radical (unpaired) electrons. The molecule has 0 spiro atoms. The number of amides is 2. The molecular weight excluding hydrogens is 244 g/mol. The minimum absolute atomic E-state index is 0.0631. The molecule has 0 aromatic heterocycles. The highest BCUT2D eigenvalue weighted by Crippen LogP contribution is 2.07. The van der Waals surface area contributed by atoms with Crippen LogP contribution in [0.1, 0.15) is 6.42 Å². The van der Waals surface area contributed by atoms with E-state index >= 15 is 0 Å². The lowest BCUT2D eigenvalue weighted by molar-refractivity contribution is -0.147. The van der Waals surface area contributed by atoms with E-state index in [1.54, 1.807) is 11.8 Å². The number of aliphatic carboxylic acids is 1. The fourth-order valence-electron chi connectivity index (χ4n) is 1.56. The third-order valence-corrected chi connectivity index (χ3v) is 3.17. The number of carboxylic acid groups (broad SMARTS) is 1. The van der Waals surface area contributed by atoms with E-state index in [0.29, 0.717) is 19.7 Å². The largest absolute Gasteiger partial charge is 0.480 e. The summed E-state index contributed by atoms with van der Waals surface area (Å²) in [6, 6.07) is -1.19. The summed E-state index contributed by atoms with van der Waals surface area (Å²) in [4.78, 5) is 24.0. The van der Waals surface area contributed by atoms with Crippen molar-refractivity contribution in [2.24, 2.45) is 0 Å². The van der Waals surface area contributed by atoms with Crippen molar-refractivity contribution in [3.63, 3.8) is 0 Å². The number of morpholine rings is 1. The third kappa shape index (κ3) is 4.43. The summed E-state index contributed by atoms with van der Waals surface area (Å²) in [6.45, 7) is 1.35. The van der Waals surface area contributed by atoms with Gasteiger partial charge >= 0.3 is 12.0 Å². The van der Waals surface area contributed by atoms with Crippen molar-refractivity contribution in [1.29, 1.82) is 0 Å². The van der Waals surface area contributed by atoms with Gasteiger partial charge in [0, 0.05) is 13.1 Å². The van der Waals surface area contributed by atoms with Gasteiger partial charge in [0.25, 0.3) is 0 Å². The Morgan fingerprint density at radius 3 is 3.00 bits per heavy atom. The quantitative estimate of drug-likeness (QED) is 0.694. The Kier molecular flexibility index (Phi) is 6.13. The molecule has 1 aliphatic rings. The van der Waals surface area contributed by atoms with Gasteiger partial charge in [0.05, 0.1) is 13.2 Å². The standard InChI is InChI=1S/C10H18N2O4S/c1-17-6-2-3-11-10(15)12-4-5-16-7-8(12)9(13)14/h8H,2-7H2,1H3,(H,11,15)(H,13,14). The van der Waals surface area contributed by atoms with Crippen molar-refractivity contribution in [2.75, 3.05) is 38.3 Å². The van der Waals surface area contributed by atoms with Gasteiger partial charge in [0.2, 0.25) is 0 Å². The van der Waals surface area contributed by atoms with E-state index in [9.17, 15) is 9.59 Å². The molecule has 0 aliphatic carbocycles. The maximum absolute atomic E-state index is 11.8. The fourth-order valence-corrected chi connectivity index (χ4v) is 2.00. The monoisotopic (exact) mass is 262 g/mol. The van der Waals surface area contributed by atoms with Gasteiger partial charge in [0.1, 0.15) is 0 Å². The number of carboxylic acids is 1. The van der Waals surface area contributed by atoms with E-state index in [1.165, 1.54) is 4.90 Å². The molecule has 6 nitrogen and oxygen atoms in total. The highest BCUT2D eigenvalue weighted by Gasteiger charge is 2.32. The van der Waals surface area contributed by atoms with Crippen LogP contribution in [0.4, 0.5) is 4.79 Å². The Balaban J connectivity index is 2.39. The molecule has 2 amide bonds. The van der Waals surface area contributed by atoms with Crippen molar-refractivity contribution in [3.8, 4) is 0 Å². The zero-order valence-corrected chi connectivity index (χ0v) is 10.7. The number of carbonyl (C=O) groups excluding carboxylic acids is 1. The van der Waals surface area contributed by atoms with Crippen LogP contribution in [-0.4, -0.2) is 66.4 Å². The van der Waals surface area contributed by atoms with Crippen LogP contribution in [0.5, 0.6) is 0 Å². The van der Waals surface area contributed by atoms with E-state index in [1.807, 2.05) is 6.26 Å². The van der Waals surface area contributed by atoms with Crippen LogP contribution >= 0.6 is 11.8 Å². The number of rotatable bonds is 5. The fraction of sp³-hybridized carbons (Fsp3) is 0.800. The van der Waals surface area contributed by atoms with E-state index < -0.39 is 12.0 Å². The molecule has 1 saturated heterocycles.